The van der Waals surface area contributed by atoms with Crippen molar-refractivity contribution in [1.82, 2.24) is 5.32 Å². The first-order valence-electron chi connectivity index (χ1n) is 33.3. The van der Waals surface area contributed by atoms with E-state index >= 15 is 0 Å². The number of esters is 1. The summed E-state index contributed by atoms with van der Waals surface area (Å²) in [6, 6.07) is -1.04. The molecule has 0 aromatic heterocycles. The molecule has 1 saturated heterocycles. The van der Waals surface area contributed by atoms with Gasteiger partial charge in [-0.25, -0.2) is 0 Å². The Morgan fingerprint density at radius 3 is 1.33 bits per heavy atom. The van der Waals surface area contributed by atoms with Gasteiger partial charge in [0.2, 0.25) is 5.91 Å². The van der Waals surface area contributed by atoms with E-state index in [-0.39, 0.29) is 19.4 Å². The van der Waals surface area contributed by atoms with Crippen molar-refractivity contribution in [3.05, 3.63) is 122 Å². The van der Waals surface area contributed by atoms with E-state index in [0.29, 0.717) is 19.3 Å². The van der Waals surface area contributed by atoms with Crippen molar-refractivity contribution in [2.24, 2.45) is 0 Å². The molecule has 0 aromatic rings. The Morgan fingerprint density at radius 2 is 0.867 bits per heavy atom. The molecule has 0 saturated carbocycles. The normalized spacial score (nSPS) is 19.3. The Morgan fingerprint density at radius 1 is 0.482 bits per heavy atom. The molecule has 1 aliphatic rings. The maximum absolute atomic E-state index is 13.5. The molecule has 1 rings (SSSR count). The van der Waals surface area contributed by atoms with Crippen molar-refractivity contribution in [3.63, 3.8) is 0 Å². The molecular weight excluding hydrogens is 1040 g/mol. The van der Waals surface area contributed by atoms with E-state index in [1.807, 2.05) is 12.2 Å². The van der Waals surface area contributed by atoms with Crippen molar-refractivity contribution >= 4 is 11.9 Å². The Labute approximate surface area is 506 Å². The molecule has 0 spiro atoms. The summed E-state index contributed by atoms with van der Waals surface area (Å²) in [4.78, 5) is 26.6. The lowest BCUT2D eigenvalue weighted by Crippen LogP contribution is -2.61. The van der Waals surface area contributed by atoms with Gasteiger partial charge in [-0.05, 0) is 109 Å². The molecule has 1 amide bonds. The van der Waals surface area contributed by atoms with Crippen LogP contribution in [-0.2, 0) is 23.8 Å². The largest absolute Gasteiger partial charge is 0.454 e. The lowest BCUT2D eigenvalue weighted by molar-refractivity contribution is -0.305. The summed E-state index contributed by atoms with van der Waals surface area (Å²) < 4.78 is 17.6. The molecule has 0 aliphatic carbocycles. The summed E-state index contributed by atoms with van der Waals surface area (Å²) in [5.41, 5.74) is 0. The highest BCUT2D eigenvalue weighted by molar-refractivity contribution is 5.80. The van der Waals surface area contributed by atoms with Gasteiger partial charge in [0.05, 0.1) is 25.4 Å². The standard InChI is InChI=1S/C72H121NO10/c1-4-7-10-13-16-19-22-24-26-28-29-30-31-32-33-34-35-36-38-39-41-44-47-50-53-56-59-65(76)71(80)73-63(64(75)58-55-52-49-46-43-21-18-15-12-9-6-3)62-81-72-70(69(79)68(78)66(61-74)82-72)83-67(77)60-57-54-51-48-45-42-40-37-27-25-23-20-17-14-11-8-5-2/h7,10,16-17,19-20,24-27,29-30,32-33,40,42,48,51,55,58,63-66,68-70,72,74-76,78-79H,4-6,8-9,11-15,18,21-23,28,31,34-39,41,43-47,49-50,52-54,56-57,59-62H2,1-3H3,(H,73,80)/b10-7-,19-16-,20-17-,26-24-,27-25-,30-29-,33-32-,42-40-,51-48-,58-55+. The van der Waals surface area contributed by atoms with Crippen LogP contribution in [0.25, 0.3) is 0 Å². The third-order valence-corrected chi connectivity index (χ3v) is 14.8. The SMILES string of the molecule is CC/C=C\C/C=C\C/C=C\C/C=C\C/C=C\CCCCCCCCCCCCC(O)C(=O)NC(COC1OC(CO)C(O)C(O)C1OC(=O)CCC/C=C\C/C=C\C/C=C\C/C=C\CCCCC)C(O)/C=C/CCCCCCCCCCC. The van der Waals surface area contributed by atoms with Crippen molar-refractivity contribution in [2.45, 2.75) is 307 Å². The van der Waals surface area contributed by atoms with E-state index in [4.69, 9.17) is 14.2 Å². The molecule has 0 bridgehead atoms. The third kappa shape index (κ3) is 46.0. The lowest BCUT2D eigenvalue weighted by Gasteiger charge is -2.41. The van der Waals surface area contributed by atoms with Gasteiger partial charge in [-0.2, -0.15) is 0 Å². The molecule has 0 radical (unpaired) electrons. The molecule has 0 aromatic carbocycles. The number of rotatable bonds is 55. The fourth-order valence-corrected chi connectivity index (χ4v) is 9.61. The van der Waals surface area contributed by atoms with Crippen molar-refractivity contribution in [3.8, 4) is 0 Å². The topological polar surface area (TPSA) is 175 Å². The number of hydrogen-bond donors (Lipinski definition) is 6. The van der Waals surface area contributed by atoms with Crippen LogP contribution in [0, 0.1) is 0 Å². The number of aliphatic hydroxyl groups is 5. The second-order valence-electron chi connectivity index (χ2n) is 22.5. The highest BCUT2D eigenvalue weighted by Crippen LogP contribution is 2.26. The van der Waals surface area contributed by atoms with Crippen LogP contribution in [0.5, 0.6) is 0 Å². The Bertz CT molecular complexity index is 1810. The number of carbonyl (C=O) groups is 2. The summed E-state index contributed by atoms with van der Waals surface area (Å²) in [6.45, 7) is 5.61. The van der Waals surface area contributed by atoms with Crippen LogP contribution in [-0.4, -0.2) is 99.6 Å². The average molecular weight is 1160 g/mol. The van der Waals surface area contributed by atoms with Gasteiger partial charge >= 0.3 is 5.97 Å². The molecule has 8 unspecified atom stereocenters. The maximum atomic E-state index is 13.5. The lowest BCUT2D eigenvalue weighted by atomic mass is 9.99. The zero-order valence-corrected chi connectivity index (χ0v) is 52.5. The van der Waals surface area contributed by atoms with Crippen molar-refractivity contribution < 1.29 is 49.3 Å². The molecule has 83 heavy (non-hydrogen) atoms. The first kappa shape index (κ1) is 77.1. The number of nitrogens with one attached hydrogen (secondary N) is 1. The smallest absolute Gasteiger partial charge is 0.306 e. The van der Waals surface area contributed by atoms with Crippen LogP contribution < -0.4 is 5.32 Å². The number of carbonyl (C=O) groups excluding carboxylic acids is 2. The minimum atomic E-state index is -1.64. The molecule has 11 nitrogen and oxygen atoms in total. The maximum Gasteiger partial charge on any atom is 0.306 e. The van der Waals surface area contributed by atoms with Crippen LogP contribution in [0.3, 0.4) is 0 Å². The van der Waals surface area contributed by atoms with Crippen LogP contribution in [0.4, 0.5) is 0 Å². The molecule has 1 fully saturated rings. The van der Waals surface area contributed by atoms with Crippen LogP contribution >= 0.6 is 0 Å². The van der Waals surface area contributed by atoms with Crippen LogP contribution in [0.15, 0.2) is 122 Å². The zero-order valence-electron chi connectivity index (χ0n) is 52.5. The second-order valence-corrected chi connectivity index (χ2v) is 22.5. The van der Waals surface area contributed by atoms with Gasteiger partial charge in [-0.3, -0.25) is 9.59 Å². The van der Waals surface area contributed by atoms with E-state index in [9.17, 15) is 35.1 Å². The van der Waals surface area contributed by atoms with Gasteiger partial charge in [-0.15, -0.1) is 0 Å². The predicted molar refractivity (Wildman–Crippen MR) is 347 cm³/mol. The number of allylic oxidation sites excluding steroid dienone is 19. The summed E-state index contributed by atoms with van der Waals surface area (Å²) >= 11 is 0. The number of ether oxygens (including phenoxy) is 3. The van der Waals surface area contributed by atoms with E-state index in [1.54, 1.807) is 6.08 Å². The van der Waals surface area contributed by atoms with Gasteiger partial charge in [0.25, 0.3) is 0 Å². The second kappa shape index (κ2) is 58.4. The van der Waals surface area contributed by atoms with Gasteiger partial charge in [-0.1, -0.05) is 264 Å². The summed E-state index contributed by atoms with van der Waals surface area (Å²) in [5.74, 6) is -1.26. The fraction of sp³-hybridized carbons (Fsp3) is 0.694. The van der Waals surface area contributed by atoms with E-state index < -0.39 is 67.4 Å². The highest BCUT2D eigenvalue weighted by atomic mass is 16.7. The molecule has 1 aliphatic heterocycles. The average Bonchev–Trinajstić information content (AvgIpc) is 3.62. The Hall–Kier alpha value is -3.94. The summed E-state index contributed by atoms with van der Waals surface area (Å²) in [7, 11) is 0. The highest BCUT2D eigenvalue weighted by Gasteiger charge is 2.47. The van der Waals surface area contributed by atoms with Crippen molar-refractivity contribution in [1.29, 1.82) is 0 Å². The fourth-order valence-electron chi connectivity index (χ4n) is 9.61. The van der Waals surface area contributed by atoms with Crippen molar-refractivity contribution in [2.75, 3.05) is 13.2 Å². The van der Waals surface area contributed by atoms with Crippen LogP contribution in [0.2, 0.25) is 0 Å². The third-order valence-electron chi connectivity index (χ3n) is 14.8. The first-order valence-corrected chi connectivity index (χ1v) is 33.3. The minimum Gasteiger partial charge on any atom is -0.454 e. The van der Waals surface area contributed by atoms with E-state index in [2.05, 4.69) is 129 Å². The number of amides is 1. The Balaban J connectivity index is 2.62. The molecule has 1 heterocycles. The van der Waals surface area contributed by atoms with Gasteiger partial charge < -0.3 is 45.1 Å². The van der Waals surface area contributed by atoms with Gasteiger partial charge in [0.15, 0.2) is 12.4 Å². The van der Waals surface area contributed by atoms with Crippen LogP contribution in [0.1, 0.15) is 258 Å². The first-order chi connectivity index (χ1) is 40.7. The van der Waals surface area contributed by atoms with E-state index in [1.165, 1.54) is 96.3 Å². The van der Waals surface area contributed by atoms with E-state index in [0.717, 1.165) is 109 Å². The summed E-state index contributed by atoms with van der Waals surface area (Å²) in [6.07, 6.45) is 71.0. The number of unbranched alkanes of at least 4 members (excludes halogenated alkanes) is 23. The quantitative estimate of drug-likeness (QED) is 0.0195. The number of hydrogen-bond acceptors (Lipinski definition) is 10. The number of aliphatic hydroxyl groups excluding tert-OH is 5. The molecule has 11 heteroatoms. The molecular formula is C72H121NO10. The monoisotopic (exact) mass is 1160 g/mol. The molecule has 474 valence electrons. The zero-order chi connectivity index (χ0) is 60.3. The van der Waals surface area contributed by atoms with Gasteiger partial charge in [0, 0.05) is 6.42 Å². The Kier molecular flexibility index (Phi) is 54.3. The predicted octanol–water partition coefficient (Wildman–Crippen LogP) is 16.6. The summed E-state index contributed by atoms with van der Waals surface area (Å²) in [5, 5.41) is 57.0. The minimum absolute atomic E-state index is 0.0421. The van der Waals surface area contributed by atoms with Gasteiger partial charge in [0.1, 0.15) is 24.4 Å². The molecule has 6 N–H and O–H groups in total. The molecule has 8 atom stereocenters.